The molecule has 1 aliphatic heterocycles. The molecular weight excluding hydrogens is 789 g/mol. The lowest BCUT2D eigenvalue weighted by Crippen LogP contribution is -2.47. The first-order valence-corrected chi connectivity index (χ1v) is 19.1. The lowest BCUT2D eigenvalue weighted by Gasteiger charge is -2.35. The van der Waals surface area contributed by atoms with Crippen LogP contribution in [0.5, 0.6) is 0 Å². The third-order valence-corrected chi connectivity index (χ3v) is 11.2. The Morgan fingerprint density at radius 2 is 1.61 bits per heavy atom. The third kappa shape index (κ3) is 7.89. The molecular formula is C40H37ClF5N7O3S. The Kier molecular flexibility index (Phi) is 10.5. The molecule has 0 unspecified atom stereocenters. The molecule has 2 aliphatic rings. The van der Waals surface area contributed by atoms with Crippen molar-refractivity contribution < 1.29 is 36.3 Å². The number of aromatic nitrogens is 4. The van der Waals surface area contributed by atoms with Crippen LogP contribution in [-0.2, 0) is 19.9 Å². The number of esters is 1. The number of guanidine groups is 1. The van der Waals surface area contributed by atoms with Crippen LogP contribution >= 0.6 is 23.1 Å². The van der Waals surface area contributed by atoms with Crippen molar-refractivity contribution in [1.29, 1.82) is 0 Å². The first-order valence-electron chi connectivity index (χ1n) is 17.9. The maximum atomic E-state index is 15.1. The predicted molar refractivity (Wildman–Crippen MR) is 205 cm³/mol. The quantitative estimate of drug-likeness (QED) is 0.0980. The zero-order valence-corrected chi connectivity index (χ0v) is 32.5. The number of benzene rings is 3. The second kappa shape index (κ2) is 14.9. The van der Waals surface area contributed by atoms with Crippen molar-refractivity contribution in [2.75, 3.05) is 6.61 Å². The molecule has 0 bridgehead atoms. The van der Waals surface area contributed by atoms with Gasteiger partial charge in [-0.1, -0.05) is 87.0 Å². The summed E-state index contributed by atoms with van der Waals surface area (Å²) in [6.45, 7) is 2.10. The number of hydrogen-bond acceptors (Lipinski definition) is 9. The largest absolute Gasteiger partial charge is 0.463 e. The number of carbonyl (C=O) groups excluding carboxylic acids is 2. The highest BCUT2D eigenvalue weighted by Crippen LogP contribution is 2.60. The summed E-state index contributed by atoms with van der Waals surface area (Å²) in [6.07, 6.45) is -3.02. The molecule has 0 spiro atoms. The summed E-state index contributed by atoms with van der Waals surface area (Å²) in [4.78, 5) is 38.0. The van der Waals surface area contributed by atoms with Gasteiger partial charge in [0.1, 0.15) is 12.9 Å². The Balaban J connectivity index is 1.25. The summed E-state index contributed by atoms with van der Waals surface area (Å²) in [7, 11) is 0. The normalized spacial score (nSPS) is 18.5. The molecule has 1 aliphatic carbocycles. The summed E-state index contributed by atoms with van der Waals surface area (Å²) in [5.41, 5.74) is 6.97. The summed E-state index contributed by atoms with van der Waals surface area (Å²) in [5, 5.41) is 5.56. The average molecular weight is 826 g/mol. The number of nitrogens with two attached hydrogens (primary N) is 1. The van der Waals surface area contributed by atoms with E-state index >= 15 is 4.79 Å². The second-order valence-corrected chi connectivity index (χ2v) is 16.6. The van der Waals surface area contributed by atoms with Crippen molar-refractivity contribution in [3.63, 3.8) is 0 Å². The summed E-state index contributed by atoms with van der Waals surface area (Å²) < 4.78 is 79.1. The van der Waals surface area contributed by atoms with Crippen molar-refractivity contribution >= 4 is 41.0 Å². The van der Waals surface area contributed by atoms with Gasteiger partial charge in [0.15, 0.2) is 17.3 Å². The number of carbonyl (C=O) groups is 2. The molecule has 0 radical (unpaired) electrons. The van der Waals surface area contributed by atoms with E-state index in [1.165, 1.54) is 29.7 Å². The first-order chi connectivity index (χ1) is 26.9. The first kappa shape index (κ1) is 40.0. The molecule has 3 heterocycles. The van der Waals surface area contributed by atoms with Crippen LogP contribution in [-0.4, -0.2) is 54.7 Å². The Morgan fingerprint density at radius 1 is 0.982 bits per heavy atom. The van der Waals surface area contributed by atoms with Crippen LogP contribution in [0.25, 0.3) is 33.6 Å². The van der Waals surface area contributed by atoms with E-state index < -0.39 is 60.0 Å². The lowest BCUT2D eigenvalue weighted by molar-refractivity contribution is -0.195. The van der Waals surface area contributed by atoms with Gasteiger partial charge >= 0.3 is 18.7 Å². The minimum absolute atomic E-state index is 0.0102. The van der Waals surface area contributed by atoms with Crippen LogP contribution in [0.4, 0.5) is 22.0 Å². The molecule has 1 amide bonds. The summed E-state index contributed by atoms with van der Waals surface area (Å²) >= 11 is 7.84. The van der Waals surface area contributed by atoms with E-state index in [1.54, 1.807) is 18.3 Å². The van der Waals surface area contributed by atoms with Gasteiger partial charge in [-0.15, -0.1) is 0 Å². The van der Waals surface area contributed by atoms with Gasteiger partial charge in [0.05, 0.1) is 22.9 Å². The van der Waals surface area contributed by atoms with Gasteiger partial charge in [-0.3, -0.25) is 14.5 Å². The number of hydrogen-bond donors (Lipinski definition) is 1. The molecule has 2 aromatic heterocycles. The molecule has 2 atom stereocenters. The minimum Gasteiger partial charge on any atom is -0.463 e. The van der Waals surface area contributed by atoms with E-state index in [2.05, 4.69) is 14.5 Å². The van der Waals surface area contributed by atoms with Crippen LogP contribution in [0, 0.1) is 10.8 Å². The molecule has 57 heavy (non-hydrogen) atoms. The van der Waals surface area contributed by atoms with E-state index in [9.17, 15) is 26.7 Å². The van der Waals surface area contributed by atoms with E-state index in [0.717, 1.165) is 33.5 Å². The molecule has 1 saturated carbocycles. The Morgan fingerprint density at radius 3 is 2.18 bits per heavy atom. The SMILES string of the molecule is CC(C)(C)C[C@]1(c2ccc(-c3ccc(-c4cnsc4)cc3)cc2)N=C(N)N([C@H](COC(=O)CC2(C(F)(F)F)CC2)c2ccc(Cl)c(-c3ncnn3C(F)F)c2)C1=O. The number of ether oxygens (including phenoxy) is 1. The lowest BCUT2D eigenvalue weighted by atomic mass is 9.75. The van der Waals surface area contributed by atoms with Crippen LogP contribution < -0.4 is 5.73 Å². The van der Waals surface area contributed by atoms with Crippen molar-refractivity contribution in [2.45, 2.75) is 70.8 Å². The molecule has 10 nitrogen and oxygen atoms in total. The predicted octanol–water partition coefficient (Wildman–Crippen LogP) is 9.59. The van der Waals surface area contributed by atoms with Crippen LogP contribution in [0.3, 0.4) is 0 Å². The van der Waals surface area contributed by atoms with Crippen molar-refractivity contribution in [2.24, 2.45) is 21.6 Å². The summed E-state index contributed by atoms with van der Waals surface area (Å²) in [5.74, 6) is -2.24. The molecule has 17 heteroatoms. The fraction of sp³-hybridized carbons (Fsp3) is 0.350. The molecule has 2 N–H and O–H groups in total. The summed E-state index contributed by atoms with van der Waals surface area (Å²) in [6, 6.07) is 18.3. The van der Waals surface area contributed by atoms with E-state index in [1.807, 2.05) is 62.5 Å². The topological polar surface area (TPSA) is 129 Å². The third-order valence-electron chi connectivity index (χ3n) is 10.3. The molecule has 1 fully saturated rings. The zero-order valence-electron chi connectivity index (χ0n) is 30.9. The van der Waals surface area contributed by atoms with Gasteiger partial charge in [0.25, 0.3) is 5.91 Å². The van der Waals surface area contributed by atoms with Gasteiger partial charge in [-0.05, 0) is 76.2 Å². The molecule has 3 aromatic carbocycles. The highest BCUT2D eigenvalue weighted by molar-refractivity contribution is 7.03. The van der Waals surface area contributed by atoms with Gasteiger partial charge in [-0.2, -0.15) is 31.7 Å². The van der Waals surface area contributed by atoms with Crippen LogP contribution in [0.15, 0.2) is 89.6 Å². The standard InChI is InChI=1S/C40H37ClF5N7O3S/c1-37(2,3)21-39(28-11-8-24(9-12-28)23-4-6-25(7-5-23)27-18-50-57-20-27)34(55)52(36(47)51-39)31(19-56-32(54)17-38(14-15-38)40(44,45)46)26-10-13-30(41)29(16-26)33-48-22-49-53(33)35(42)43/h4-13,16,18,20,22,31,35H,14-15,17,19,21H2,1-3H3,(H2,47,51)/t31-,39-/m1/s1. The number of halogens is 6. The molecule has 5 aromatic rings. The Hall–Kier alpha value is -5.22. The minimum atomic E-state index is -4.60. The number of amides is 1. The van der Waals surface area contributed by atoms with E-state index in [4.69, 9.17) is 27.1 Å². The average Bonchev–Trinajstić information content (AvgIpc) is 3.46. The fourth-order valence-corrected chi connectivity index (χ4v) is 8.00. The second-order valence-electron chi connectivity index (χ2n) is 15.5. The number of aliphatic imine (C=N–C) groups is 1. The monoisotopic (exact) mass is 825 g/mol. The highest BCUT2D eigenvalue weighted by Gasteiger charge is 2.64. The van der Waals surface area contributed by atoms with Crippen LogP contribution in [0.2, 0.25) is 5.02 Å². The smallest absolute Gasteiger partial charge is 0.395 e. The number of alkyl halides is 5. The number of rotatable bonds is 12. The van der Waals surface area contributed by atoms with Crippen LogP contribution in [0.1, 0.15) is 70.2 Å². The zero-order chi connectivity index (χ0) is 40.9. The molecule has 298 valence electrons. The van der Waals surface area contributed by atoms with Gasteiger partial charge in [-0.25, -0.2) is 14.3 Å². The van der Waals surface area contributed by atoms with Gasteiger partial charge in [0.2, 0.25) is 0 Å². The maximum Gasteiger partial charge on any atom is 0.395 e. The molecule has 7 rings (SSSR count). The number of nitrogens with zero attached hydrogens (tertiary/aromatic N) is 6. The Labute approximate surface area is 333 Å². The van der Waals surface area contributed by atoms with Gasteiger partial charge < -0.3 is 10.5 Å². The van der Waals surface area contributed by atoms with E-state index in [-0.39, 0.29) is 47.2 Å². The molecule has 0 saturated heterocycles. The maximum absolute atomic E-state index is 15.1. The van der Waals surface area contributed by atoms with Crippen molar-refractivity contribution in [3.8, 4) is 33.6 Å². The Bertz CT molecular complexity index is 2310. The van der Waals surface area contributed by atoms with E-state index in [0.29, 0.717) is 10.2 Å². The van der Waals surface area contributed by atoms with Crippen molar-refractivity contribution in [3.05, 3.63) is 101 Å². The fourth-order valence-electron chi connectivity index (χ4n) is 7.25. The van der Waals surface area contributed by atoms with Crippen molar-refractivity contribution in [1.82, 2.24) is 24.0 Å². The highest BCUT2D eigenvalue weighted by atomic mass is 35.5. The van der Waals surface area contributed by atoms with Gasteiger partial charge in [0, 0.05) is 22.7 Å².